The van der Waals surface area contributed by atoms with Crippen molar-refractivity contribution in [2.75, 3.05) is 5.73 Å². The second-order valence-electron chi connectivity index (χ2n) is 2.52. The fraction of sp³-hybridized carbons (Fsp3) is 0.111. The fourth-order valence-corrected chi connectivity index (χ4v) is 0.871. The summed E-state index contributed by atoms with van der Waals surface area (Å²) in [7, 11) is 0. The van der Waals surface area contributed by atoms with Gasteiger partial charge in [-0.2, -0.15) is 18.4 Å². The molecule has 0 atom stereocenters. The lowest BCUT2D eigenvalue weighted by molar-refractivity contribution is -0.137. The Labute approximate surface area is 83.3 Å². The van der Waals surface area contributed by atoms with Crippen LogP contribution < -0.4 is 5.73 Å². The summed E-state index contributed by atoms with van der Waals surface area (Å²) < 4.78 is 37.0. The van der Waals surface area contributed by atoms with Crippen LogP contribution in [0.4, 0.5) is 19.0 Å². The van der Waals surface area contributed by atoms with Crippen molar-refractivity contribution in [1.29, 1.82) is 5.26 Å². The molecule has 0 radical (unpaired) electrons. The van der Waals surface area contributed by atoms with Gasteiger partial charge in [0.05, 0.1) is 5.56 Å². The molecule has 0 spiro atoms. The van der Waals surface area contributed by atoms with Gasteiger partial charge in [-0.25, -0.2) is 4.98 Å². The number of hydrogen-bond donors (Lipinski definition) is 1. The van der Waals surface area contributed by atoms with Crippen LogP contribution in [-0.2, 0) is 6.18 Å². The van der Waals surface area contributed by atoms with E-state index in [9.17, 15) is 13.2 Å². The lowest BCUT2D eigenvalue weighted by Crippen LogP contribution is -2.10. The standard InChI is InChI=1S/C9H4F3N3/c10-9(11,12)7-4-6(2-1-3-13)5-15-8(7)14/h4-5H,(H2,14,15). The van der Waals surface area contributed by atoms with Gasteiger partial charge >= 0.3 is 6.18 Å². The van der Waals surface area contributed by atoms with Gasteiger partial charge in [-0.3, -0.25) is 0 Å². The van der Waals surface area contributed by atoms with Crippen LogP contribution in [0.5, 0.6) is 0 Å². The first-order chi connectivity index (χ1) is 6.95. The maximum atomic E-state index is 12.3. The van der Waals surface area contributed by atoms with Crippen molar-refractivity contribution in [2.45, 2.75) is 6.18 Å². The minimum Gasteiger partial charge on any atom is -0.383 e. The van der Waals surface area contributed by atoms with E-state index in [0.29, 0.717) is 0 Å². The predicted molar refractivity (Wildman–Crippen MR) is 46.1 cm³/mol. The quantitative estimate of drug-likeness (QED) is 0.662. The number of alkyl halides is 3. The zero-order valence-electron chi connectivity index (χ0n) is 7.26. The molecule has 76 valence electrons. The molecule has 1 aromatic rings. The van der Waals surface area contributed by atoms with Gasteiger partial charge in [-0.1, -0.05) is 0 Å². The van der Waals surface area contributed by atoms with E-state index in [2.05, 4.69) is 10.9 Å². The summed E-state index contributed by atoms with van der Waals surface area (Å²) in [5.41, 5.74) is 4.01. The summed E-state index contributed by atoms with van der Waals surface area (Å²) in [4.78, 5) is 3.34. The SMILES string of the molecule is N#CC#Cc1cnc(N)c(C(F)(F)F)c1. The highest BCUT2D eigenvalue weighted by Gasteiger charge is 2.33. The van der Waals surface area contributed by atoms with E-state index in [1.807, 2.05) is 5.92 Å². The summed E-state index contributed by atoms with van der Waals surface area (Å²) >= 11 is 0. The second kappa shape index (κ2) is 3.89. The highest BCUT2D eigenvalue weighted by atomic mass is 19.4. The van der Waals surface area contributed by atoms with Crippen LogP contribution in [0, 0.1) is 23.2 Å². The zero-order valence-corrected chi connectivity index (χ0v) is 7.26. The maximum Gasteiger partial charge on any atom is 0.419 e. The fourth-order valence-electron chi connectivity index (χ4n) is 0.871. The smallest absolute Gasteiger partial charge is 0.383 e. The van der Waals surface area contributed by atoms with Gasteiger partial charge in [0.25, 0.3) is 0 Å². The topological polar surface area (TPSA) is 62.7 Å². The lowest BCUT2D eigenvalue weighted by Gasteiger charge is -2.08. The molecule has 0 saturated carbocycles. The Balaban J connectivity index is 3.24. The number of rotatable bonds is 0. The minimum atomic E-state index is -4.57. The molecule has 0 amide bonds. The van der Waals surface area contributed by atoms with Gasteiger partial charge in [0, 0.05) is 17.7 Å². The van der Waals surface area contributed by atoms with Gasteiger partial charge in [0.2, 0.25) is 0 Å². The van der Waals surface area contributed by atoms with Crippen molar-refractivity contribution in [2.24, 2.45) is 0 Å². The number of pyridine rings is 1. The van der Waals surface area contributed by atoms with E-state index in [-0.39, 0.29) is 5.56 Å². The van der Waals surface area contributed by atoms with E-state index in [1.165, 1.54) is 6.07 Å². The lowest BCUT2D eigenvalue weighted by atomic mass is 10.2. The molecular weight excluding hydrogens is 207 g/mol. The molecule has 1 heterocycles. The third-order valence-corrected chi connectivity index (χ3v) is 1.49. The van der Waals surface area contributed by atoms with Gasteiger partial charge in [-0.05, 0) is 12.0 Å². The Morgan fingerprint density at radius 1 is 1.40 bits per heavy atom. The monoisotopic (exact) mass is 211 g/mol. The first-order valence-corrected chi connectivity index (χ1v) is 3.68. The summed E-state index contributed by atoms with van der Waals surface area (Å²) in [5, 5.41) is 8.12. The molecule has 0 aliphatic heterocycles. The van der Waals surface area contributed by atoms with Crippen LogP contribution in [0.2, 0.25) is 0 Å². The van der Waals surface area contributed by atoms with Gasteiger partial charge in [0.15, 0.2) is 6.07 Å². The Morgan fingerprint density at radius 2 is 2.07 bits per heavy atom. The van der Waals surface area contributed by atoms with Crippen LogP contribution in [0.3, 0.4) is 0 Å². The number of nitrogen functional groups attached to an aromatic ring is 1. The second-order valence-corrected chi connectivity index (χ2v) is 2.52. The summed E-state index contributed by atoms with van der Waals surface area (Å²) in [5.74, 6) is 3.57. The largest absolute Gasteiger partial charge is 0.419 e. The van der Waals surface area contributed by atoms with E-state index >= 15 is 0 Å². The summed E-state index contributed by atoms with van der Waals surface area (Å²) in [6.07, 6.45) is -3.49. The zero-order chi connectivity index (χ0) is 11.5. The summed E-state index contributed by atoms with van der Waals surface area (Å²) in [6, 6.07) is 2.24. The predicted octanol–water partition coefficient (Wildman–Crippen LogP) is 1.56. The van der Waals surface area contributed by atoms with Crippen molar-refractivity contribution in [3.05, 3.63) is 23.4 Å². The first kappa shape index (κ1) is 10.9. The van der Waals surface area contributed by atoms with E-state index in [1.54, 1.807) is 0 Å². The third-order valence-electron chi connectivity index (χ3n) is 1.49. The first-order valence-electron chi connectivity index (χ1n) is 3.68. The highest BCUT2D eigenvalue weighted by molar-refractivity contribution is 5.48. The molecule has 0 fully saturated rings. The normalized spacial score (nSPS) is 10.0. The molecule has 1 aromatic heterocycles. The average molecular weight is 211 g/mol. The van der Waals surface area contributed by atoms with Crippen LogP contribution in [0.25, 0.3) is 0 Å². The van der Waals surface area contributed by atoms with Crippen molar-refractivity contribution < 1.29 is 13.2 Å². The molecule has 0 bridgehead atoms. The van der Waals surface area contributed by atoms with Crippen molar-refractivity contribution in [1.82, 2.24) is 4.98 Å². The Kier molecular flexibility index (Phi) is 2.82. The van der Waals surface area contributed by atoms with Gasteiger partial charge < -0.3 is 5.73 Å². The van der Waals surface area contributed by atoms with Crippen molar-refractivity contribution in [3.8, 4) is 17.9 Å². The number of halogens is 3. The molecule has 3 nitrogen and oxygen atoms in total. The number of nitrogens with two attached hydrogens (primary N) is 1. The van der Waals surface area contributed by atoms with E-state index < -0.39 is 17.6 Å². The Morgan fingerprint density at radius 3 is 2.60 bits per heavy atom. The minimum absolute atomic E-state index is 0.00178. The maximum absolute atomic E-state index is 12.3. The van der Waals surface area contributed by atoms with E-state index in [4.69, 9.17) is 11.0 Å². The number of nitriles is 1. The van der Waals surface area contributed by atoms with Crippen molar-refractivity contribution in [3.63, 3.8) is 0 Å². The number of anilines is 1. The Hall–Kier alpha value is -2.21. The van der Waals surface area contributed by atoms with Crippen LogP contribution in [-0.4, -0.2) is 4.98 Å². The highest BCUT2D eigenvalue weighted by Crippen LogP contribution is 2.32. The molecular formula is C9H4F3N3. The number of hydrogen-bond acceptors (Lipinski definition) is 3. The van der Waals surface area contributed by atoms with Gasteiger partial charge in [-0.15, -0.1) is 0 Å². The molecule has 0 unspecified atom stereocenters. The molecule has 6 heteroatoms. The van der Waals surface area contributed by atoms with Crippen LogP contribution >= 0.6 is 0 Å². The molecule has 1 rings (SSSR count). The number of nitrogens with zero attached hydrogens (tertiary/aromatic N) is 2. The average Bonchev–Trinajstić information content (AvgIpc) is 2.15. The van der Waals surface area contributed by atoms with Crippen LogP contribution in [0.15, 0.2) is 12.3 Å². The molecule has 0 saturated heterocycles. The molecule has 0 aliphatic rings. The van der Waals surface area contributed by atoms with Gasteiger partial charge in [0.1, 0.15) is 5.82 Å². The van der Waals surface area contributed by atoms with Crippen molar-refractivity contribution >= 4 is 5.82 Å². The molecule has 0 aliphatic carbocycles. The molecule has 0 aromatic carbocycles. The number of aromatic nitrogens is 1. The third kappa shape index (κ3) is 2.61. The Bertz CT molecular complexity index is 474. The van der Waals surface area contributed by atoms with E-state index in [0.717, 1.165) is 12.3 Å². The molecule has 2 N–H and O–H groups in total. The summed E-state index contributed by atoms with van der Waals surface area (Å²) in [6.45, 7) is 0. The molecule has 15 heavy (non-hydrogen) atoms. The van der Waals surface area contributed by atoms with Crippen LogP contribution in [0.1, 0.15) is 11.1 Å².